The molecular formula is C17H17N3O3. The number of ether oxygens (including phenoxy) is 2. The van der Waals surface area contributed by atoms with E-state index in [1.54, 1.807) is 18.9 Å². The van der Waals surface area contributed by atoms with E-state index in [9.17, 15) is 5.11 Å². The summed E-state index contributed by atoms with van der Waals surface area (Å²) in [6, 6.07) is 15.1. The maximum Gasteiger partial charge on any atom is 0.144 e. The van der Waals surface area contributed by atoms with Crippen LogP contribution in [-0.4, -0.2) is 34.3 Å². The lowest BCUT2D eigenvalue weighted by atomic mass is 10.1. The molecule has 1 heterocycles. The lowest BCUT2D eigenvalue weighted by Gasteiger charge is -2.13. The Bertz CT molecular complexity index is 800. The number of hydrogen-bond acceptors (Lipinski definition) is 5. The molecule has 3 rings (SSSR count). The Balaban J connectivity index is 2.24. The number of aromatic nitrogens is 3. The highest BCUT2D eigenvalue weighted by molar-refractivity contribution is 5.66. The Morgan fingerprint density at radius 2 is 1.83 bits per heavy atom. The van der Waals surface area contributed by atoms with Crippen LogP contribution in [-0.2, 0) is 6.61 Å². The van der Waals surface area contributed by atoms with Crippen LogP contribution < -0.4 is 9.47 Å². The summed E-state index contributed by atoms with van der Waals surface area (Å²) < 4.78 is 12.4. The molecule has 2 aromatic carbocycles. The van der Waals surface area contributed by atoms with Gasteiger partial charge in [0, 0.05) is 11.6 Å². The van der Waals surface area contributed by atoms with Gasteiger partial charge in [-0.2, -0.15) is 0 Å². The Hall–Kier alpha value is -2.86. The molecule has 0 aliphatic heterocycles. The summed E-state index contributed by atoms with van der Waals surface area (Å²) in [7, 11) is 3.20. The summed E-state index contributed by atoms with van der Waals surface area (Å²) >= 11 is 0. The van der Waals surface area contributed by atoms with Crippen molar-refractivity contribution >= 4 is 0 Å². The second-order valence-electron chi connectivity index (χ2n) is 4.86. The average Bonchev–Trinajstić information content (AvgIpc) is 3.05. The molecule has 0 aliphatic rings. The molecule has 0 spiro atoms. The molecule has 0 bridgehead atoms. The van der Waals surface area contributed by atoms with Crippen LogP contribution >= 0.6 is 0 Å². The average molecular weight is 311 g/mol. The van der Waals surface area contributed by atoms with Gasteiger partial charge in [-0.3, -0.25) is 0 Å². The quantitative estimate of drug-likeness (QED) is 0.784. The molecular weight excluding hydrogens is 294 g/mol. The fourth-order valence-corrected chi connectivity index (χ4v) is 2.44. The van der Waals surface area contributed by atoms with Gasteiger partial charge in [0.05, 0.1) is 20.8 Å². The van der Waals surface area contributed by atoms with Gasteiger partial charge in [-0.25, -0.2) is 4.68 Å². The molecule has 23 heavy (non-hydrogen) atoms. The zero-order valence-electron chi connectivity index (χ0n) is 12.9. The minimum absolute atomic E-state index is 0.198. The second kappa shape index (κ2) is 6.50. The Morgan fingerprint density at radius 1 is 1.04 bits per heavy atom. The predicted molar refractivity (Wildman–Crippen MR) is 85.8 cm³/mol. The van der Waals surface area contributed by atoms with Crippen LogP contribution in [0.2, 0.25) is 0 Å². The van der Waals surface area contributed by atoms with Crippen molar-refractivity contribution in [2.45, 2.75) is 6.61 Å². The van der Waals surface area contributed by atoms with Crippen molar-refractivity contribution in [1.82, 2.24) is 15.0 Å². The predicted octanol–water partition coefficient (Wildman–Crippen LogP) is 2.44. The summed E-state index contributed by atoms with van der Waals surface area (Å²) in [6.45, 7) is -0.198. The summed E-state index contributed by atoms with van der Waals surface area (Å²) in [6.07, 6.45) is 0. The standard InChI is InChI=1S/C17H17N3O3/c1-22-13-8-9-16(23-2)15(10-13)20-17(14(11-21)18-19-20)12-6-4-3-5-7-12/h3-10,21H,11H2,1-2H3. The fourth-order valence-electron chi connectivity index (χ4n) is 2.44. The molecule has 0 aliphatic carbocycles. The molecule has 0 amide bonds. The van der Waals surface area contributed by atoms with Crippen molar-refractivity contribution in [3.05, 3.63) is 54.2 Å². The number of aliphatic hydroxyl groups excluding tert-OH is 1. The first-order valence-electron chi connectivity index (χ1n) is 7.11. The van der Waals surface area contributed by atoms with E-state index < -0.39 is 0 Å². The third-order valence-corrected chi connectivity index (χ3v) is 3.55. The topological polar surface area (TPSA) is 69.4 Å². The van der Waals surface area contributed by atoms with Crippen LogP contribution in [0, 0.1) is 0 Å². The van der Waals surface area contributed by atoms with Crippen LogP contribution in [0.4, 0.5) is 0 Å². The van der Waals surface area contributed by atoms with Gasteiger partial charge in [0.1, 0.15) is 28.6 Å². The van der Waals surface area contributed by atoms with E-state index in [1.807, 2.05) is 48.5 Å². The van der Waals surface area contributed by atoms with E-state index in [4.69, 9.17) is 9.47 Å². The first kappa shape index (κ1) is 15.1. The van der Waals surface area contributed by atoms with E-state index in [0.717, 1.165) is 11.3 Å². The molecule has 0 unspecified atom stereocenters. The zero-order chi connectivity index (χ0) is 16.2. The smallest absolute Gasteiger partial charge is 0.144 e. The molecule has 6 nitrogen and oxygen atoms in total. The van der Waals surface area contributed by atoms with E-state index >= 15 is 0 Å². The van der Waals surface area contributed by atoms with Crippen LogP contribution in [0.15, 0.2) is 48.5 Å². The van der Waals surface area contributed by atoms with Gasteiger partial charge in [-0.1, -0.05) is 35.5 Å². The van der Waals surface area contributed by atoms with Crippen LogP contribution in [0.5, 0.6) is 11.5 Å². The van der Waals surface area contributed by atoms with Crippen molar-refractivity contribution in [1.29, 1.82) is 0 Å². The molecule has 3 aromatic rings. The molecule has 0 atom stereocenters. The van der Waals surface area contributed by atoms with Gasteiger partial charge < -0.3 is 14.6 Å². The molecule has 0 saturated heterocycles. The van der Waals surface area contributed by atoms with Crippen LogP contribution in [0.1, 0.15) is 5.69 Å². The van der Waals surface area contributed by atoms with Crippen molar-refractivity contribution in [3.8, 4) is 28.4 Å². The normalized spacial score (nSPS) is 10.6. The van der Waals surface area contributed by atoms with Crippen molar-refractivity contribution in [2.24, 2.45) is 0 Å². The first-order chi connectivity index (χ1) is 11.3. The monoisotopic (exact) mass is 311 g/mol. The molecule has 6 heteroatoms. The van der Waals surface area contributed by atoms with Crippen LogP contribution in [0.25, 0.3) is 16.9 Å². The third-order valence-electron chi connectivity index (χ3n) is 3.55. The second-order valence-corrected chi connectivity index (χ2v) is 4.86. The van der Waals surface area contributed by atoms with Gasteiger partial charge in [-0.05, 0) is 12.1 Å². The van der Waals surface area contributed by atoms with Crippen molar-refractivity contribution in [2.75, 3.05) is 14.2 Å². The SMILES string of the molecule is COc1ccc(OC)c(-n2nnc(CO)c2-c2ccccc2)c1. The maximum absolute atomic E-state index is 9.60. The van der Waals surface area contributed by atoms with Gasteiger partial charge >= 0.3 is 0 Å². The Morgan fingerprint density at radius 3 is 2.48 bits per heavy atom. The molecule has 0 fully saturated rings. The van der Waals surface area contributed by atoms with E-state index in [0.29, 0.717) is 22.9 Å². The summed E-state index contributed by atoms with van der Waals surface area (Å²) in [5.74, 6) is 1.32. The highest BCUT2D eigenvalue weighted by Gasteiger charge is 2.18. The number of nitrogens with zero attached hydrogens (tertiary/aromatic N) is 3. The van der Waals surface area contributed by atoms with Gasteiger partial charge in [0.15, 0.2) is 0 Å². The van der Waals surface area contributed by atoms with Crippen LogP contribution in [0.3, 0.4) is 0 Å². The summed E-state index contributed by atoms with van der Waals surface area (Å²) in [5, 5.41) is 17.9. The Kier molecular flexibility index (Phi) is 4.25. The minimum Gasteiger partial charge on any atom is -0.497 e. The number of benzene rings is 2. The minimum atomic E-state index is -0.198. The fraction of sp³-hybridized carbons (Fsp3) is 0.176. The van der Waals surface area contributed by atoms with E-state index in [-0.39, 0.29) is 6.61 Å². The first-order valence-corrected chi connectivity index (χ1v) is 7.11. The number of hydrogen-bond donors (Lipinski definition) is 1. The van der Waals surface area contributed by atoms with Crippen molar-refractivity contribution < 1.29 is 14.6 Å². The highest BCUT2D eigenvalue weighted by Crippen LogP contribution is 2.32. The molecule has 0 saturated carbocycles. The number of aliphatic hydroxyl groups is 1. The largest absolute Gasteiger partial charge is 0.497 e. The molecule has 0 radical (unpaired) electrons. The zero-order valence-corrected chi connectivity index (χ0v) is 12.9. The summed E-state index contributed by atoms with van der Waals surface area (Å²) in [5.41, 5.74) is 2.82. The lowest BCUT2D eigenvalue weighted by Crippen LogP contribution is -2.03. The van der Waals surface area contributed by atoms with Crippen molar-refractivity contribution in [3.63, 3.8) is 0 Å². The third kappa shape index (κ3) is 2.76. The lowest BCUT2D eigenvalue weighted by molar-refractivity contribution is 0.277. The highest BCUT2D eigenvalue weighted by atomic mass is 16.5. The maximum atomic E-state index is 9.60. The number of methoxy groups -OCH3 is 2. The van der Waals surface area contributed by atoms with E-state index in [1.165, 1.54) is 0 Å². The number of rotatable bonds is 5. The van der Waals surface area contributed by atoms with E-state index in [2.05, 4.69) is 10.3 Å². The summed E-state index contributed by atoms with van der Waals surface area (Å²) in [4.78, 5) is 0. The van der Waals surface area contributed by atoms with Gasteiger partial charge in [0.25, 0.3) is 0 Å². The molecule has 1 N–H and O–H groups in total. The van der Waals surface area contributed by atoms with Gasteiger partial charge in [-0.15, -0.1) is 5.10 Å². The molecule has 118 valence electrons. The Labute approximate surface area is 133 Å². The van der Waals surface area contributed by atoms with Gasteiger partial charge in [0.2, 0.25) is 0 Å². The molecule has 1 aromatic heterocycles.